The van der Waals surface area contributed by atoms with Crippen LogP contribution < -0.4 is 26.8 Å². The number of amides is 2. The summed E-state index contributed by atoms with van der Waals surface area (Å²) in [6.45, 7) is 1.39. The zero-order valence-corrected chi connectivity index (χ0v) is 14.2. The van der Waals surface area contributed by atoms with Gasteiger partial charge in [-0.3, -0.25) is 25.2 Å². The van der Waals surface area contributed by atoms with E-state index in [0.717, 1.165) is 10.9 Å². The zero-order valence-electron chi connectivity index (χ0n) is 14.2. The minimum Gasteiger partial charge on any atom is -0.484 e. The van der Waals surface area contributed by atoms with Crippen molar-refractivity contribution in [2.75, 3.05) is 6.61 Å². The first kappa shape index (κ1) is 17.9. The fourth-order valence-electron chi connectivity index (χ4n) is 2.37. The Labute approximate surface area is 151 Å². The topological polar surface area (TPSA) is 130 Å². The van der Waals surface area contributed by atoms with Gasteiger partial charge in [0.05, 0.1) is 0 Å². The summed E-state index contributed by atoms with van der Waals surface area (Å²) in [5.74, 6) is -1.08. The number of carbonyl (C=O) groups excluding carboxylic acids is 2. The fraction of sp³-hybridized carbons (Fsp3) is 0.111. The van der Waals surface area contributed by atoms with Crippen molar-refractivity contribution in [3.05, 3.63) is 74.5 Å². The summed E-state index contributed by atoms with van der Waals surface area (Å²) in [5, 5.41) is 0.756. The van der Waals surface area contributed by atoms with Crippen LogP contribution >= 0.6 is 0 Å². The summed E-state index contributed by atoms with van der Waals surface area (Å²) in [4.78, 5) is 48.9. The summed E-state index contributed by atoms with van der Waals surface area (Å²) in [6, 6.07) is 9.04. The number of carbonyl (C=O) groups is 2. The molecule has 3 aromatic rings. The SMILES string of the molecule is Cc1cc(=O)oc2cc(OCC(=O)NNC(=O)c3ccc[nH]c3=O)ccc12. The molecule has 0 atom stereocenters. The van der Waals surface area contributed by atoms with Gasteiger partial charge in [-0.2, -0.15) is 0 Å². The maximum absolute atomic E-state index is 11.8. The number of H-pyrrole nitrogens is 1. The average Bonchev–Trinajstić information content (AvgIpc) is 2.64. The van der Waals surface area contributed by atoms with E-state index in [-0.39, 0.29) is 5.56 Å². The third kappa shape index (κ3) is 4.21. The van der Waals surface area contributed by atoms with E-state index in [9.17, 15) is 19.2 Å². The molecule has 138 valence electrons. The summed E-state index contributed by atoms with van der Waals surface area (Å²) < 4.78 is 10.4. The minimum atomic E-state index is -0.756. The number of benzene rings is 1. The lowest BCUT2D eigenvalue weighted by Gasteiger charge is -2.09. The van der Waals surface area contributed by atoms with Crippen LogP contribution in [0.1, 0.15) is 15.9 Å². The Morgan fingerprint density at radius 2 is 1.96 bits per heavy atom. The van der Waals surface area contributed by atoms with Crippen molar-refractivity contribution < 1.29 is 18.7 Å². The Balaban J connectivity index is 1.58. The van der Waals surface area contributed by atoms with Gasteiger partial charge in [-0.15, -0.1) is 0 Å². The summed E-state index contributed by atoms with van der Waals surface area (Å²) in [7, 11) is 0. The molecule has 0 bridgehead atoms. The molecule has 0 radical (unpaired) electrons. The number of aromatic amines is 1. The second-order valence-corrected chi connectivity index (χ2v) is 5.61. The van der Waals surface area contributed by atoms with Crippen molar-refractivity contribution in [3.8, 4) is 5.75 Å². The van der Waals surface area contributed by atoms with Gasteiger partial charge in [0, 0.05) is 23.7 Å². The van der Waals surface area contributed by atoms with Crippen LogP contribution in [0, 0.1) is 6.92 Å². The molecule has 0 unspecified atom stereocenters. The van der Waals surface area contributed by atoms with Crippen molar-refractivity contribution >= 4 is 22.8 Å². The number of aromatic nitrogens is 1. The maximum atomic E-state index is 11.8. The molecule has 3 N–H and O–H groups in total. The van der Waals surface area contributed by atoms with Gasteiger partial charge in [-0.1, -0.05) is 0 Å². The van der Waals surface area contributed by atoms with Gasteiger partial charge in [-0.05, 0) is 36.8 Å². The van der Waals surface area contributed by atoms with E-state index < -0.39 is 29.6 Å². The summed E-state index contributed by atoms with van der Waals surface area (Å²) in [6.07, 6.45) is 1.39. The Kier molecular flexibility index (Phi) is 5.02. The van der Waals surface area contributed by atoms with Crippen LogP contribution in [0.4, 0.5) is 0 Å². The van der Waals surface area contributed by atoms with Crippen molar-refractivity contribution in [2.45, 2.75) is 6.92 Å². The van der Waals surface area contributed by atoms with E-state index in [1.807, 2.05) is 0 Å². The molecule has 0 saturated carbocycles. The molecule has 9 nitrogen and oxygen atoms in total. The highest BCUT2D eigenvalue weighted by Gasteiger charge is 2.11. The first-order chi connectivity index (χ1) is 12.9. The Bertz CT molecular complexity index is 1130. The number of pyridine rings is 1. The maximum Gasteiger partial charge on any atom is 0.336 e. The zero-order chi connectivity index (χ0) is 19.4. The van der Waals surface area contributed by atoms with E-state index >= 15 is 0 Å². The first-order valence-electron chi connectivity index (χ1n) is 7.88. The molecule has 0 fully saturated rings. The number of aryl methyl sites for hydroxylation is 1. The summed E-state index contributed by atoms with van der Waals surface area (Å²) in [5.41, 5.74) is 4.18. The van der Waals surface area contributed by atoms with Crippen LogP contribution in [0.3, 0.4) is 0 Å². The molecule has 0 aliphatic rings. The molecular formula is C18H15N3O6. The second-order valence-electron chi connectivity index (χ2n) is 5.61. The molecule has 9 heteroatoms. The van der Waals surface area contributed by atoms with Gasteiger partial charge < -0.3 is 14.1 Å². The lowest BCUT2D eigenvalue weighted by Crippen LogP contribution is -2.45. The molecule has 0 aliphatic heterocycles. The number of hydrogen-bond acceptors (Lipinski definition) is 6. The Hall–Kier alpha value is -3.88. The standard InChI is InChI=1S/C18H15N3O6/c1-10-7-16(23)27-14-8-11(4-5-12(10)14)26-9-15(22)20-21-18(25)13-3-2-6-19-17(13)24/h2-8H,9H2,1H3,(H,19,24)(H,20,22)(H,21,25). The highest BCUT2D eigenvalue weighted by Crippen LogP contribution is 2.22. The van der Waals surface area contributed by atoms with Crippen molar-refractivity contribution in [1.29, 1.82) is 0 Å². The minimum absolute atomic E-state index is 0.140. The molecule has 0 spiro atoms. The fourth-order valence-corrected chi connectivity index (χ4v) is 2.37. The molecule has 2 amide bonds. The van der Waals surface area contributed by atoms with Crippen molar-refractivity contribution in [3.63, 3.8) is 0 Å². The molecule has 27 heavy (non-hydrogen) atoms. The van der Waals surface area contributed by atoms with E-state index in [1.54, 1.807) is 19.1 Å². The lowest BCUT2D eigenvalue weighted by atomic mass is 10.1. The number of nitrogens with one attached hydrogen (secondary N) is 3. The molecule has 2 heterocycles. The Morgan fingerprint density at radius 3 is 2.74 bits per heavy atom. The highest BCUT2D eigenvalue weighted by atomic mass is 16.5. The van der Waals surface area contributed by atoms with Gasteiger partial charge in [-0.25, -0.2) is 4.79 Å². The third-order valence-electron chi connectivity index (χ3n) is 3.67. The van der Waals surface area contributed by atoms with Crippen LogP contribution in [0.25, 0.3) is 11.0 Å². The van der Waals surface area contributed by atoms with Gasteiger partial charge >= 0.3 is 5.63 Å². The van der Waals surface area contributed by atoms with Crippen LogP contribution in [0.5, 0.6) is 5.75 Å². The van der Waals surface area contributed by atoms with Gasteiger partial charge in [0.15, 0.2) is 6.61 Å². The van der Waals surface area contributed by atoms with Gasteiger partial charge in [0.1, 0.15) is 16.9 Å². The molecule has 1 aromatic carbocycles. The summed E-state index contributed by atoms with van der Waals surface area (Å²) >= 11 is 0. The van der Waals surface area contributed by atoms with Gasteiger partial charge in [0.25, 0.3) is 17.4 Å². The highest BCUT2D eigenvalue weighted by molar-refractivity contribution is 5.95. The molecule has 0 aliphatic carbocycles. The molecule has 0 saturated heterocycles. The molecule has 3 rings (SSSR count). The predicted molar refractivity (Wildman–Crippen MR) is 95.4 cm³/mol. The van der Waals surface area contributed by atoms with E-state index in [2.05, 4.69) is 15.8 Å². The largest absolute Gasteiger partial charge is 0.484 e. The second kappa shape index (κ2) is 7.56. The number of hydrogen-bond donors (Lipinski definition) is 3. The quantitative estimate of drug-likeness (QED) is 0.457. The first-order valence-corrected chi connectivity index (χ1v) is 7.88. The molecule has 2 aromatic heterocycles. The van der Waals surface area contributed by atoms with Crippen molar-refractivity contribution in [1.82, 2.24) is 15.8 Å². The third-order valence-corrected chi connectivity index (χ3v) is 3.67. The van der Waals surface area contributed by atoms with Crippen LogP contribution in [-0.2, 0) is 4.79 Å². The molecular weight excluding hydrogens is 354 g/mol. The average molecular weight is 369 g/mol. The van der Waals surface area contributed by atoms with Crippen LogP contribution in [-0.4, -0.2) is 23.4 Å². The van der Waals surface area contributed by atoms with Crippen molar-refractivity contribution in [2.24, 2.45) is 0 Å². The monoisotopic (exact) mass is 369 g/mol. The number of ether oxygens (including phenoxy) is 1. The van der Waals surface area contributed by atoms with Gasteiger partial charge in [0.2, 0.25) is 0 Å². The predicted octanol–water partition coefficient (Wildman–Crippen LogP) is 0.630. The number of fused-ring (bicyclic) bond motifs is 1. The number of rotatable bonds is 4. The smallest absolute Gasteiger partial charge is 0.336 e. The van der Waals surface area contributed by atoms with E-state index in [1.165, 1.54) is 30.5 Å². The van der Waals surface area contributed by atoms with Crippen LogP contribution in [0.2, 0.25) is 0 Å². The van der Waals surface area contributed by atoms with E-state index in [4.69, 9.17) is 9.15 Å². The lowest BCUT2D eigenvalue weighted by molar-refractivity contribution is -0.123. The van der Waals surface area contributed by atoms with Crippen LogP contribution in [0.15, 0.2) is 56.6 Å². The Morgan fingerprint density at radius 1 is 1.15 bits per heavy atom. The van der Waals surface area contributed by atoms with E-state index in [0.29, 0.717) is 11.3 Å². The normalized spacial score (nSPS) is 10.4. The number of hydrazine groups is 1.